The number of nitrogens with zero attached hydrogens (tertiary/aromatic N) is 3. The number of para-hydroxylation sites is 1. The summed E-state index contributed by atoms with van der Waals surface area (Å²) in [6.07, 6.45) is 0.891. The van der Waals surface area contributed by atoms with Gasteiger partial charge in [-0.2, -0.15) is 4.98 Å². The van der Waals surface area contributed by atoms with Crippen molar-refractivity contribution in [3.05, 3.63) is 41.5 Å². The summed E-state index contributed by atoms with van der Waals surface area (Å²) < 4.78 is 10.4. The smallest absolute Gasteiger partial charge is 0.240 e. The van der Waals surface area contributed by atoms with Crippen molar-refractivity contribution in [2.45, 2.75) is 32.5 Å². The molecule has 0 radical (unpaired) electrons. The van der Waals surface area contributed by atoms with Gasteiger partial charge in [-0.3, -0.25) is 4.90 Å². The second-order valence-electron chi connectivity index (χ2n) is 5.09. The van der Waals surface area contributed by atoms with Crippen molar-refractivity contribution in [3.63, 3.8) is 0 Å². The summed E-state index contributed by atoms with van der Waals surface area (Å²) in [6, 6.07) is 8.39. The van der Waals surface area contributed by atoms with E-state index in [4.69, 9.17) is 15.0 Å². The lowest BCUT2D eigenvalue weighted by Gasteiger charge is -2.24. The number of nitrogens with two attached hydrogens (primary N) is 1. The van der Waals surface area contributed by atoms with Crippen LogP contribution in [0.3, 0.4) is 0 Å². The summed E-state index contributed by atoms with van der Waals surface area (Å²) in [5, 5.41) is 3.92. The Kier molecular flexibility index (Phi) is 5.30. The predicted molar refractivity (Wildman–Crippen MR) is 79.8 cm³/mol. The maximum Gasteiger partial charge on any atom is 0.240 e. The first-order chi connectivity index (χ1) is 10.1. The van der Waals surface area contributed by atoms with Gasteiger partial charge in [0.05, 0.1) is 20.2 Å². The number of hydrogen-bond donors (Lipinski definition) is 1. The number of hydrogen-bond acceptors (Lipinski definition) is 6. The zero-order valence-electron chi connectivity index (χ0n) is 12.7. The fourth-order valence-electron chi connectivity index (χ4n) is 2.16. The summed E-state index contributed by atoms with van der Waals surface area (Å²) in [4.78, 5) is 6.40. The second kappa shape index (κ2) is 7.19. The maximum atomic E-state index is 5.46. The topological polar surface area (TPSA) is 77.4 Å². The third-order valence-corrected chi connectivity index (χ3v) is 3.54. The summed E-state index contributed by atoms with van der Waals surface area (Å²) >= 11 is 0. The van der Waals surface area contributed by atoms with Crippen LogP contribution in [0.5, 0.6) is 5.75 Å². The van der Waals surface area contributed by atoms with Gasteiger partial charge in [-0.1, -0.05) is 23.4 Å². The molecule has 6 heteroatoms. The number of ether oxygens (including phenoxy) is 1. The van der Waals surface area contributed by atoms with Gasteiger partial charge >= 0.3 is 0 Å². The van der Waals surface area contributed by atoms with Gasteiger partial charge in [-0.15, -0.1) is 0 Å². The molecule has 1 unspecified atom stereocenters. The first-order valence-electron chi connectivity index (χ1n) is 6.97. The normalized spacial score (nSPS) is 12.6. The van der Waals surface area contributed by atoms with Crippen LogP contribution in [0.4, 0.5) is 0 Å². The van der Waals surface area contributed by atoms with Crippen molar-refractivity contribution >= 4 is 0 Å². The zero-order valence-corrected chi connectivity index (χ0v) is 12.7. The Morgan fingerprint density at radius 2 is 2.14 bits per heavy atom. The van der Waals surface area contributed by atoms with Gasteiger partial charge in [-0.05, 0) is 32.0 Å². The fraction of sp³-hybridized carbons (Fsp3) is 0.467. The lowest BCUT2D eigenvalue weighted by atomic mass is 10.1. The van der Waals surface area contributed by atoms with Gasteiger partial charge in [0.1, 0.15) is 5.75 Å². The molecule has 114 valence electrons. The van der Waals surface area contributed by atoms with Crippen molar-refractivity contribution < 1.29 is 9.26 Å². The van der Waals surface area contributed by atoms with E-state index in [1.807, 2.05) is 25.2 Å². The van der Waals surface area contributed by atoms with E-state index >= 15 is 0 Å². The van der Waals surface area contributed by atoms with Gasteiger partial charge in [0, 0.05) is 6.04 Å². The number of benzene rings is 1. The average molecular weight is 290 g/mol. The van der Waals surface area contributed by atoms with Crippen LogP contribution in [0.15, 0.2) is 28.8 Å². The van der Waals surface area contributed by atoms with Gasteiger partial charge in [0.15, 0.2) is 5.82 Å². The Labute approximate surface area is 124 Å². The van der Waals surface area contributed by atoms with Crippen molar-refractivity contribution in [2.24, 2.45) is 5.73 Å². The number of methoxy groups -OCH3 is 1. The highest BCUT2D eigenvalue weighted by Gasteiger charge is 2.15. The molecule has 6 nitrogen and oxygen atoms in total. The van der Waals surface area contributed by atoms with Crippen molar-refractivity contribution in [1.82, 2.24) is 15.0 Å². The van der Waals surface area contributed by atoms with Crippen LogP contribution in [-0.2, 0) is 19.5 Å². The van der Waals surface area contributed by atoms with Crippen LogP contribution in [0.1, 0.15) is 24.2 Å². The summed E-state index contributed by atoms with van der Waals surface area (Å²) in [7, 11) is 3.74. The second-order valence-corrected chi connectivity index (χ2v) is 5.09. The Balaban J connectivity index is 1.97. The van der Waals surface area contributed by atoms with E-state index in [0.29, 0.717) is 24.3 Å². The highest BCUT2D eigenvalue weighted by Crippen LogP contribution is 2.20. The fourth-order valence-corrected chi connectivity index (χ4v) is 2.16. The third-order valence-electron chi connectivity index (χ3n) is 3.54. The lowest BCUT2D eigenvalue weighted by Crippen LogP contribution is -2.31. The molecule has 2 rings (SSSR count). The van der Waals surface area contributed by atoms with Crippen LogP contribution in [0, 0.1) is 0 Å². The zero-order chi connectivity index (χ0) is 15.2. The van der Waals surface area contributed by atoms with Gasteiger partial charge < -0.3 is 15.0 Å². The van der Waals surface area contributed by atoms with E-state index in [1.54, 1.807) is 7.11 Å². The van der Waals surface area contributed by atoms with E-state index in [-0.39, 0.29) is 6.54 Å². The van der Waals surface area contributed by atoms with Crippen LogP contribution in [-0.4, -0.2) is 35.2 Å². The largest absolute Gasteiger partial charge is 0.496 e. The maximum absolute atomic E-state index is 5.46. The summed E-state index contributed by atoms with van der Waals surface area (Å²) in [5.41, 5.74) is 6.65. The minimum absolute atomic E-state index is 0.271. The number of aromatic nitrogens is 2. The van der Waals surface area contributed by atoms with Gasteiger partial charge in [0.2, 0.25) is 5.89 Å². The molecule has 0 saturated heterocycles. The molecule has 2 N–H and O–H groups in total. The standard InChI is InChI=1S/C15H22N4O2/c1-11(8-12-6-4-5-7-13(12)20-3)19(2)10-14-17-15(9-16)21-18-14/h4-7,11H,8-10,16H2,1-3H3. The molecule has 0 bridgehead atoms. The van der Waals surface area contributed by atoms with E-state index in [2.05, 4.69) is 28.0 Å². The minimum atomic E-state index is 0.271. The molecule has 0 aliphatic carbocycles. The molecule has 1 atom stereocenters. The number of rotatable bonds is 7. The highest BCUT2D eigenvalue weighted by atomic mass is 16.5. The van der Waals surface area contributed by atoms with Crippen LogP contribution < -0.4 is 10.5 Å². The molecule has 0 amide bonds. The summed E-state index contributed by atoms with van der Waals surface area (Å²) in [6.45, 7) is 3.06. The molecule has 1 heterocycles. The first kappa shape index (κ1) is 15.5. The number of likely N-dealkylation sites (N-methyl/N-ethyl adjacent to an activating group) is 1. The lowest BCUT2D eigenvalue weighted by molar-refractivity contribution is 0.236. The molecule has 1 aromatic heterocycles. The van der Waals surface area contributed by atoms with Crippen LogP contribution >= 0.6 is 0 Å². The molecule has 2 aromatic rings. The molecule has 0 aliphatic rings. The SMILES string of the molecule is COc1ccccc1CC(C)N(C)Cc1noc(CN)n1. The molecule has 21 heavy (non-hydrogen) atoms. The quantitative estimate of drug-likeness (QED) is 0.834. The molecular weight excluding hydrogens is 268 g/mol. The molecule has 0 aliphatic heterocycles. The van der Waals surface area contributed by atoms with Crippen LogP contribution in [0.2, 0.25) is 0 Å². The third kappa shape index (κ3) is 4.03. The average Bonchev–Trinajstić information content (AvgIpc) is 2.95. The molecule has 0 fully saturated rings. The van der Waals surface area contributed by atoms with Gasteiger partial charge in [0.25, 0.3) is 0 Å². The summed E-state index contributed by atoms with van der Waals surface area (Å²) in [5.74, 6) is 2.04. The minimum Gasteiger partial charge on any atom is -0.496 e. The van der Waals surface area contributed by atoms with Crippen LogP contribution in [0.25, 0.3) is 0 Å². The molecule has 0 spiro atoms. The molecule has 0 saturated carbocycles. The van der Waals surface area contributed by atoms with E-state index < -0.39 is 0 Å². The Hall–Kier alpha value is -1.92. The molecular formula is C15H22N4O2. The highest BCUT2D eigenvalue weighted by molar-refractivity contribution is 5.33. The Morgan fingerprint density at radius 3 is 2.81 bits per heavy atom. The van der Waals surface area contributed by atoms with Crippen molar-refractivity contribution in [1.29, 1.82) is 0 Å². The first-order valence-corrected chi connectivity index (χ1v) is 6.97. The Bertz CT molecular complexity index is 570. The van der Waals surface area contributed by atoms with Crippen molar-refractivity contribution in [3.8, 4) is 5.75 Å². The van der Waals surface area contributed by atoms with E-state index in [0.717, 1.165) is 12.2 Å². The van der Waals surface area contributed by atoms with E-state index in [9.17, 15) is 0 Å². The van der Waals surface area contributed by atoms with Gasteiger partial charge in [-0.25, -0.2) is 0 Å². The predicted octanol–water partition coefficient (Wildman–Crippen LogP) is 1.60. The Morgan fingerprint density at radius 1 is 1.38 bits per heavy atom. The van der Waals surface area contributed by atoms with E-state index in [1.165, 1.54) is 5.56 Å². The monoisotopic (exact) mass is 290 g/mol. The van der Waals surface area contributed by atoms with Crippen molar-refractivity contribution in [2.75, 3.05) is 14.2 Å². The molecule has 1 aromatic carbocycles.